The largest absolute Gasteiger partial charge is 0.473 e. The van der Waals surface area contributed by atoms with E-state index >= 15 is 0 Å². The SMILES string of the molecule is CN1C2CCC1CC(Oc1ccc(=O)n(C)n1)C2. The zero-order valence-corrected chi connectivity index (χ0v) is 10.9. The van der Waals surface area contributed by atoms with Crippen molar-refractivity contribution in [3.8, 4) is 5.88 Å². The second-order valence-corrected chi connectivity index (χ2v) is 5.40. The topological polar surface area (TPSA) is 47.4 Å². The van der Waals surface area contributed by atoms with Crippen molar-refractivity contribution in [1.82, 2.24) is 14.7 Å². The van der Waals surface area contributed by atoms with Crippen LogP contribution in [0.4, 0.5) is 0 Å². The first kappa shape index (κ1) is 11.7. The molecule has 0 N–H and O–H groups in total. The number of aromatic nitrogens is 2. The summed E-state index contributed by atoms with van der Waals surface area (Å²) in [5.41, 5.74) is -0.106. The van der Waals surface area contributed by atoms with Crippen molar-refractivity contribution in [2.45, 2.75) is 43.9 Å². The Hall–Kier alpha value is -1.36. The van der Waals surface area contributed by atoms with Gasteiger partial charge in [-0.1, -0.05) is 0 Å². The summed E-state index contributed by atoms with van der Waals surface area (Å²) in [6, 6.07) is 4.48. The molecular formula is C13H19N3O2. The van der Waals surface area contributed by atoms with Crippen molar-refractivity contribution in [3.05, 3.63) is 22.5 Å². The Morgan fingerprint density at radius 3 is 2.50 bits per heavy atom. The van der Waals surface area contributed by atoms with Crippen molar-refractivity contribution in [1.29, 1.82) is 0 Å². The van der Waals surface area contributed by atoms with Gasteiger partial charge in [0, 0.05) is 31.3 Å². The third-order valence-corrected chi connectivity index (χ3v) is 4.28. The first-order chi connectivity index (χ1) is 8.63. The van der Waals surface area contributed by atoms with Gasteiger partial charge >= 0.3 is 0 Å². The van der Waals surface area contributed by atoms with Crippen LogP contribution in [0, 0.1) is 0 Å². The Bertz CT molecular complexity index is 485. The highest BCUT2D eigenvalue weighted by molar-refractivity contribution is 5.08. The van der Waals surface area contributed by atoms with E-state index in [4.69, 9.17) is 4.74 Å². The van der Waals surface area contributed by atoms with E-state index in [0.29, 0.717) is 18.0 Å². The first-order valence-electron chi connectivity index (χ1n) is 6.56. The maximum absolute atomic E-state index is 11.3. The van der Waals surface area contributed by atoms with Gasteiger partial charge in [-0.25, -0.2) is 4.68 Å². The van der Waals surface area contributed by atoms with Crippen LogP contribution in [0.3, 0.4) is 0 Å². The van der Waals surface area contributed by atoms with Gasteiger partial charge in [-0.2, -0.15) is 0 Å². The molecule has 5 heteroatoms. The van der Waals surface area contributed by atoms with Gasteiger partial charge in [0.1, 0.15) is 6.10 Å². The van der Waals surface area contributed by atoms with Gasteiger partial charge in [0.2, 0.25) is 5.88 Å². The molecule has 0 aliphatic carbocycles. The van der Waals surface area contributed by atoms with Gasteiger partial charge in [0.05, 0.1) is 0 Å². The molecule has 1 aromatic rings. The van der Waals surface area contributed by atoms with E-state index in [2.05, 4.69) is 17.0 Å². The predicted molar refractivity (Wildman–Crippen MR) is 67.7 cm³/mol. The quantitative estimate of drug-likeness (QED) is 0.777. The van der Waals surface area contributed by atoms with E-state index in [-0.39, 0.29) is 11.7 Å². The minimum atomic E-state index is -0.106. The van der Waals surface area contributed by atoms with Crippen molar-refractivity contribution in [2.75, 3.05) is 7.05 Å². The number of ether oxygens (including phenoxy) is 1. The van der Waals surface area contributed by atoms with E-state index in [1.807, 2.05) is 0 Å². The van der Waals surface area contributed by atoms with Gasteiger partial charge in [0.25, 0.3) is 5.56 Å². The van der Waals surface area contributed by atoms with Gasteiger partial charge in [-0.05, 0) is 32.7 Å². The summed E-state index contributed by atoms with van der Waals surface area (Å²) in [5.74, 6) is 0.561. The van der Waals surface area contributed by atoms with Gasteiger partial charge in [0.15, 0.2) is 0 Å². The molecule has 2 saturated heterocycles. The summed E-state index contributed by atoms with van der Waals surface area (Å²) in [6.45, 7) is 0. The van der Waals surface area contributed by atoms with Crippen LogP contribution in [-0.4, -0.2) is 39.9 Å². The molecule has 2 atom stereocenters. The molecule has 2 aliphatic rings. The van der Waals surface area contributed by atoms with Crippen LogP contribution in [0.1, 0.15) is 25.7 Å². The third kappa shape index (κ3) is 2.03. The van der Waals surface area contributed by atoms with Crippen LogP contribution in [0.25, 0.3) is 0 Å². The lowest BCUT2D eigenvalue weighted by molar-refractivity contribution is 0.0620. The predicted octanol–water partition coefficient (Wildman–Crippen LogP) is 0.784. The molecule has 0 aromatic carbocycles. The Balaban J connectivity index is 1.70. The summed E-state index contributed by atoms with van der Waals surface area (Å²) in [7, 11) is 3.86. The molecule has 0 radical (unpaired) electrons. The second-order valence-electron chi connectivity index (χ2n) is 5.40. The fraction of sp³-hybridized carbons (Fsp3) is 0.692. The molecule has 2 bridgehead atoms. The maximum atomic E-state index is 11.3. The number of nitrogens with zero attached hydrogens (tertiary/aromatic N) is 3. The average Bonchev–Trinajstić information content (AvgIpc) is 2.58. The Kier molecular flexibility index (Phi) is 2.86. The number of aryl methyl sites for hydroxylation is 1. The van der Waals surface area contributed by atoms with E-state index in [1.54, 1.807) is 13.1 Å². The Morgan fingerprint density at radius 1 is 1.22 bits per heavy atom. The second kappa shape index (κ2) is 4.39. The Labute approximate surface area is 106 Å². The number of hydrogen-bond donors (Lipinski definition) is 0. The summed E-state index contributed by atoms with van der Waals surface area (Å²) in [6.07, 6.45) is 4.93. The number of fused-ring (bicyclic) bond motifs is 2. The van der Waals surface area contributed by atoms with Crippen LogP contribution < -0.4 is 10.3 Å². The number of piperidine rings is 1. The summed E-state index contributed by atoms with van der Waals surface area (Å²) >= 11 is 0. The standard InChI is InChI=1S/C13H19N3O2/c1-15-9-3-4-10(15)8-11(7-9)18-12-5-6-13(17)16(2)14-12/h5-6,9-11H,3-4,7-8H2,1-2H3. The zero-order chi connectivity index (χ0) is 12.7. The molecule has 0 amide bonds. The van der Waals surface area contributed by atoms with E-state index in [9.17, 15) is 4.79 Å². The molecule has 18 heavy (non-hydrogen) atoms. The minimum absolute atomic E-state index is 0.106. The minimum Gasteiger partial charge on any atom is -0.473 e. The highest BCUT2D eigenvalue weighted by Crippen LogP contribution is 2.35. The van der Waals surface area contributed by atoms with Crippen molar-refractivity contribution in [2.24, 2.45) is 7.05 Å². The lowest BCUT2D eigenvalue weighted by atomic mass is 10.0. The molecular weight excluding hydrogens is 230 g/mol. The molecule has 2 aliphatic heterocycles. The molecule has 0 saturated carbocycles. The Morgan fingerprint density at radius 2 is 1.89 bits per heavy atom. The lowest BCUT2D eigenvalue weighted by Crippen LogP contribution is -2.44. The molecule has 3 heterocycles. The molecule has 1 aromatic heterocycles. The first-order valence-corrected chi connectivity index (χ1v) is 6.56. The highest BCUT2D eigenvalue weighted by atomic mass is 16.5. The van der Waals surface area contributed by atoms with E-state index in [0.717, 1.165) is 12.8 Å². The van der Waals surface area contributed by atoms with Crippen LogP contribution in [0.5, 0.6) is 5.88 Å². The third-order valence-electron chi connectivity index (χ3n) is 4.28. The molecule has 0 spiro atoms. The average molecular weight is 249 g/mol. The summed E-state index contributed by atoms with van der Waals surface area (Å²) in [4.78, 5) is 13.7. The summed E-state index contributed by atoms with van der Waals surface area (Å²) in [5, 5.41) is 4.12. The van der Waals surface area contributed by atoms with Crippen LogP contribution >= 0.6 is 0 Å². The maximum Gasteiger partial charge on any atom is 0.266 e. The number of hydrogen-bond acceptors (Lipinski definition) is 4. The van der Waals surface area contributed by atoms with Crippen LogP contribution in [0.15, 0.2) is 16.9 Å². The lowest BCUT2D eigenvalue weighted by Gasteiger charge is -2.35. The zero-order valence-electron chi connectivity index (χ0n) is 10.9. The monoisotopic (exact) mass is 249 g/mol. The van der Waals surface area contributed by atoms with Crippen LogP contribution in [-0.2, 0) is 7.05 Å². The molecule has 2 fully saturated rings. The molecule has 2 unspecified atom stereocenters. The normalized spacial score (nSPS) is 31.6. The smallest absolute Gasteiger partial charge is 0.266 e. The molecule has 5 nitrogen and oxygen atoms in total. The fourth-order valence-corrected chi connectivity index (χ4v) is 3.17. The molecule has 98 valence electrons. The van der Waals surface area contributed by atoms with Gasteiger partial charge in [-0.15, -0.1) is 5.10 Å². The van der Waals surface area contributed by atoms with E-state index in [1.165, 1.54) is 23.6 Å². The van der Waals surface area contributed by atoms with Crippen molar-refractivity contribution < 1.29 is 4.74 Å². The van der Waals surface area contributed by atoms with Crippen LogP contribution in [0.2, 0.25) is 0 Å². The van der Waals surface area contributed by atoms with E-state index < -0.39 is 0 Å². The van der Waals surface area contributed by atoms with Gasteiger partial charge in [-0.3, -0.25) is 4.79 Å². The van der Waals surface area contributed by atoms with Gasteiger partial charge < -0.3 is 9.64 Å². The summed E-state index contributed by atoms with van der Waals surface area (Å²) < 4.78 is 7.24. The number of rotatable bonds is 2. The highest BCUT2D eigenvalue weighted by Gasteiger charge is 2.39. The fourth-order valence-electron chi connectivity index (χ4n) is 3.17. The van der Waals surface area contributed by atoms with Crippen molar-refractivity contribution >= 4 is 0 Å². The van der Waals surface area contributed by atoms with Crippen molar-refractivity contribution in [3.63, 3.8) is 0 Å². The molecule has 3 rings (SSSR count).